The van der Waals surface area contributed by atoms with E-state index in [4.69, 9.17) is 5.11 Å². The predicted octanol–water partition coefficient (Wildman–Crippen LogP) is 3.32. The first-order valence-corrected chi connectivity index (χ1v) is 6.52. The van der Waals surface area contributed by atoms with Gasteiger partial charge < -0.3 is 10.0 Å². The molecule has 0 atom stereocenters. The molecule has 0 aliphatic heterocycles. The van der Waals surface area contributed by atoms with Crippen LogP contribution >= 0.6 is 0 Å². The molecule has 3 heteroatoms. The number of carbonyl (C=O) groups is 1. The first-order chi connectivity index (χ1) is 8.49. The van der Waals surface area contributed by atoms with Crippen LogP contribution < -0.4 is 4.90 Å². The monoisotopic (exact) mass is 249 g/mol. The fourth-order valence-electron chi connectivity index (χ4n) is 1.77. The molecule has 1 aromatic carbocycles. The third-order valence-electron chi connectivity index (χ3n) is 2.97. The van der Waals surface area contributed by atoms with Crippen molar-refractivity contribution in [1.82, 2.24) is 0 Å². The average molecular weight is 249 g/mol. The summed E-state index contributed by atoms with van der Waals surface area (Å²) in [4.78, 5) is 12.9. The van der Waals surface area contributed by atoms with E-state index in [1.807, 2.05) is 0 Å². The summed E-state index contributed by atoms with van der Waals surface area (Å²) in [6.07, 6.45) is 1.26. The van der Waals surface area contributed by atoms with Crippen LogP contribution in [0.2, 0.25) is 0 Å². The Kier molecular flexibility index (Phi) is 5.69. The molecule has 0 saturated heterocycles. The van der Waals surface area contributed by atoms with E-state index in [2.05, 4.69) is 49.9 Å². The summed E-state index contributed by atoms with van der Waals surface area (Å²) >= 11 is 0. The average Bonchev–Trinajstić information content (AvgIpc) is 2.30. The molecule has 1 aromatic rings. The van der Waals surface area contributed by atoms with E-state index in [-0.39, 0.29) is 6.42 Å². The highest BCUT2D eigenvalue weighted by molar-refractivity contribution is 5.67. The molecule has 3 nitrogen and oxygen atoms in total. The first kappa shape index (κ1) is 14.6. The first-order valence-electron chi connectivity index (χ1n) is 6.52. The Bertz CT molecular complexity index is 371. The van der Waals surface area contributed by atoms with Gasteiger partial charge in [0.05, 0.1) is 6.42 Å². The predicted molar refractivity (Wildman–Crippen MR) is 75.1 cm³/mol. The Balaban J connectivity index is 2.68. The topological polar surface area (TPSA) is 40.5 Å². The quantitative estimate of drug-likeness (QED) is 0.806. The lowest BCUT2D eigenvalue weighted by Gasteiger charge is -2.25. The van der Waals surface area contributed by atoms with Gasteiger partial charge in [-0.05, 0) is 31.4 Å². The van der Waals surface area contributed by atoms with Crippen LogP contribution in [0.4, 0.5) is 5.69 Å². The summed E-state index contributed by atoms with van der Waals surface area (Å²) in [5, 5.41) is 8.80. The summed E-state index contributed by atoms with van der Waals surface area (Å²) in [7, 11) is 0. The van der Waals surface area contributed by atoms with Gasteiger partial charge in [-0.15, -0.1) is 0 Å². The third kappa shape index (κ3) is 5.21. The van der Waals surface area contributed by atoms with Gasteiger partial charge >= 0.3 is 5.97 Å². The molecule has 0 unspecified atom stereocenters. The SMILES string of the molecule is Cc1ccc(N(CCC(=O)O)CCC(C)C)cc1. The fourth-order valence-corrected chi connectivity index (χ4v) is 1.77. The van der Waals surface area contributed by atoms with E-state index >= 15 is 0 Å². The number of benzene rings is 1. The van der Waals surface area contributed by atoms with Crippen molar-refractivity contribution in [2.75, 3.05) is 18.0 Å². The highest BCUT2D eigenvalue weighted by atomic mass is 16.4. The van der Waals surface area contributed by atoms with Crippen molar-refractivity contribution in [2.24, 2.45) is 5.92 Å². The van der Waals surface area contributed by atoms with Gasteiger partial charge in [0.2, 0.25) is 0 Å². The van der Waals surface area contributed by atoms with Crippen molar-refractivity contribution in [3.63, 3.8) is 0 Å². The zero-order valence-electron chi connectivity index (χ0n) is 11.5. The molecule has 0 fully saturated rings. The maximum absolute atomic E-state index is 10.7. The zero-order valence-corrected chi connectivity index (χ0v) is 11.5. The van der Waals surface area contributed by atoms with Crippen LogP contribution in [0.25, 0.3) is 0 Å². The van der Waals surface area contributed by atoms with Gasteiger partial charge in [0.15, 0.2) is 0 Å². The van der Waals surface area contributed by atoms with Gasteiger partial charge in [0, 0.05) is 18.8 Å². The van der Waals surface area contributed by atoms with E-state index in [0.717, 1.165) is 18.7 Å². The minimum absolute atomic E-state index is 0.186. The third-order valence-corrected chi connectivity index (χ3v) is 2.97. The number of hydrogen-bond acceptors (Lipinski definition) is 2. The molecule has 0 saturated carbocycles. The van der Waals surface area contributed by atoms with Crippen LogP contribution in [0.15, 0.2) is 24.3 Å². The molecule has 0 bridgehead atoms. The summed E-state index contributed by atoms with van der Waals surface area (Å²) in [5.41, 5.74) is 2.34. The van der Waals surface area contributed by atoms with Gasteiger partial charge in [0.1, 0.15) is 0 Å². The molecule has 0 aliphatic rings. The number of aryl methyl sites for hydroxylation is 1. The van der Waals surface area contributed by atoms with Gasteiger partial charge in [0.25, 0.3) is 0 Å². The molecule has 0 aliphatic carbocycles. The summed E-state index contributed by atoms with van der Waals surface area (Å²) in [6, 6.07) is 8.27. The maximum Gasteiger partial charge on any atom is 0.305 e. The summed E-state index contributed by atoms with van der Waals surface area (Å²) in [5.74, 6) is -0.112. The number of carboxylic acids is 1. The van der Waals surface area contributed by atoms with Crippen LogP contribution in [0.1, 0.15) is 32.3 Å². The highest BCUT2D eigenvalue weighted by Gasteiger charge is 2.09. The molecule has 18 heavy (non-hydrogen) atoms. The van der Waals surface area contributed by atoms with E-state index < -0.39 is 5.97 Å². The molecule has 0 spiro atoms. The largest absolute Gasteiger partial charge is 0.481 e. The van der Waals surface area contributed by atoms with E-state index in [1.165, 1.54) is 5.56 Å². The van der Waals surface area contributed by atoms with Crippen molar-refractivity contribution in [1.29, 1.82) is 0 Å². The molecule has 0 aromatic heterocycles. The standard InChI is InChI=1S/C15H23NO2/c1-12(2)8-10-16(11-9-15(17)18)14-6-4-13(3)5-7-14/h4-7,12H,8-11H2,1-3H3,(H,17,18). The lowest BCUT2D eigenvalue weighted by atomic mass is 10.1. The van der Waals surface area contributed by atoms with E-state index in [0.29, 0.717) is 12.5 Å². The molecule has 100 valence electrons. The van der Waals surface area contributed by atoms with E-state index in [1.54, 1.807) is 0 Å². The summed E-state index contributed by atoms with van der Waals surface area (Å²) in [6.45, 7) is 7.91. The van der Waals surface area contributed by atoms with Crippen molar-refractivity contribution >= 4 is 11.7 Å². The second kappa shape index (κ2) is 7.04. The number of nitrogens with zero attached hydrogens (tertiary/aromatic N) is 1. The Morgan fingerprint density at radius 2 is 1.83 bits per heavy atom. The Morgan fingerprint density at radius 1 is 1.22 bits per heavy atom. The van der Waals surface area contributed by atoms with Gasteiger partial charge in [-0.2, -0.15) is 0 Å². The smallest absolute Gasteiger partial charge is 0.305 e. The lowest BCUT2D eigenvalue weighted by Crippen LogP contribution is -2.28. The number of carboxylic acid groups (broad SMARTS) is 1. The fraction of sp³-hybridized carbons (Fsp3) is 0.533. The Morgan fingerprint density at radius 3 is 2.33 bits per heavy atom. The molecule has 0 heterocycles. The number of anilines is 1. The van der Waals surface area contributed by atoms with Gasteiger partial charge in [-0.25, -0.2) is 0 Å². The molecule has 1 rings (SSSR count). The second-order valence-electron chi connectivity index (χ2n) is 5.15. The van der Waals surface area contributed by atoms with E-state index in [9.17, 15) is 4.79 Å². The van der Waals surface area contributed by atoms with Gasteiger partial charge in [-0.3, -0.25) is 4.79 Å². The van der Waals surface area contributed by atoms with Crippen molar-refractivity contribution in [3.05, 3.63) is 29.8 Å². The summed E-state index contributed by atoms with van der Waals surface area (Å²) < 4.78 is 0. The van der Waals surface area contributed by atoms with Crippen LogP contribution in [0.5, 0.6) is 0 Å². The van der Waals surface area contributed by atoms with Crippen LogP contribution in [0.3, 0.4) is 0 Å². The van der Waals surface area contributed by atoms with Crippen molar-refractivity contribution in [3.8, 4) is 0 Å². The van der Waals surface area contributed by atoms with Crippen LogP contribution in [-0.2, 0) is 4.79 Å². The normalized spacial score (nSPS) is 10.7. The second-order valence-corrected chi connectivity index (χ2v) is 5.15. The number of rotatable bonds is 7. The van der Waals surface area contributed by atoms with Crippen LogP contribution in [-0.4, -0.2) is 24.2 Å². The maximum atomic E-state index is 10.7. The minimum atomic E-state index is -0.739. The Labute approximate surface area is 109 Å². The highest BCUT2D eigenvalue weighted by Crippen LogP contribution is 2.17. The number of aliphatic carboxylic acids is 1. The van der Waals surface area contributed by atoms with Crippen molar-refractivity contribution in [2.45, 2.75) is 33.6 Å². The molecule has 0 amide bonds. The Hall–Kier alpha value is -1.51. The molecule has 1 N–H and O–H groups in total. The van der Waals surface area contributed by atoms with Crippen molar-refractivity contribution < 1.29 is 9.90 Å². The molecular weight excluding hydrogens is 226 g/mol. The zero-order chi connectivity index (χ0) is 13.5. The van der Waals surface area contributed by atoms with Crippen LogP contribution in [0, 0.1) is 12.8 Å². The molecule has 0 radical (unpaired) electrons. The number of hydrogen-bond donors (Lipinski definition) is 1. The molecular formula is C15H23NO2. The lowest BCUT2D eigenvalue weighted by molar-refractivity contribution is -0.136. The van der Waals surface area contributed by atoms with Gasteiger partial charge in [-0.1, -0.05) is 31.5 Å². The minimum Gasteiger partial charge on any atom is -0.481 e.